The van der Waals surface area contributed by atoms with E-state index in [9.17, 15) is 9.18 Å². The summed E-state index contributed by atoms with van der Waals surface area (Å²) in [6.07, 6.45) is 1.64. The molecule has 4 aromatic rings. The number of hydrogen-bond acceptors (Lipinski definition) is 9. The van der Waals surface area contributed by atoms with E-state index in [-0.39, 0.29) is 28.7 Å². The molecular weight excluding hydrogens is 449 g/mol. The summed E-state index contributed by atoms with van der Waals surface area (Å²) < 4.78 is 15.0. The van der Waals surface area contributed by atoms with Crippen molar-refractivity contribution in [3.05, 3.63) is 68.7 Å². The maximum Gasteiger partial charge on any atom is 0.267 e. The summed E-state index contributed by atoms with van der Waals surface area (Å²) in [4.78, 5) is 28.4. The normalized spacial score (nSPS) is 10.4. The van der Waals surface area contributed by atoms with Crippen molar-refractivity contribution < 1.29 is 4.39 Å². The first-order valence-corrected chi connectivity index (χ1v) is 9.96. The number of pyridine rings is 1. The lowest BCUT2D eigenvalue weighted by molar-refractivity contribution is 0.617. The fourth-order valence-electron chi connectivity index (χ4n) is 3.07. The molecule has 0 spiro atoms. The molecule has 1 aromatic carbocycles. The SMILES string of the molecule is CCc1nc2cccc(Cl)c2c(=O)n1-c1cc(F)cnc1C.N#Cc1c(N)nc(N)nc1N. The number of anilines is 3. The number of nitrogens with two attached hydrogens (primary N) is 3. The molecule has 4 rings (SSSR count). The van der Waals surface area contributed by atoms with E-state index in [1.807, 2.05) is 6.92 Å². The second-order valence-corrected chi connectivity index (χ2v) is 7.16. The number of fused-ring (bicyclic) bond motifs is 1. The summed E-state index contributed by atoms with van der Waals surface area (Å²) in [6.45, 7) is 3.61. The van der Waals surface area contributed by atoms with Crippen LogP contribution in [0.3, 0.4) is 0 Å². The minimum absolute atomic E-state index is 0.0116. The van der Waals surface area contributed by atoms with Crippen molar-refractivity contribution >= 4 is 40.1 Å². The summed E-state index contributed by atoms with van der Waals surface area (Å²) in [5, 5.41) is 9.11. The van der Waals surface area contributed by atoms with Gasteiger partial charge in [-0.1, -0.05) is 24.6 Å². The molecule has 0 fully saturated rings. The topological polar surface area (TPSA) is 175 Å². The van der Waals surface area contributed by atoms with Crippen LogP contribution in [0, 0.1) is 24.1 Å². The number of benzene rings is 1. The molecule has 0 saturated carbocycles. The Morgan fingerprint density at radius 3 is 2.45 bits per heavy atom. The van der Waals surface area contributed by atoms with Crippen LogP contribution in [0.5, 0.6) is 0 Å². The van der Waals surface area contributed by atoms with Gasteiger partial charge in [0, 0.05) is 12.5 Å². The highest BCUT2D eigenvalue weighted by Gasteiger charge is 2.16. The molecule has 0 bridgehead atoms. The van der Waals surface area contributed by atoms with Gasteiger partial charge < -0.3 is 17.2 Å². The van der Waals surface area contributed by atoms with Crippen molar-refractivity contribution in [1.29, 1.82) is 5.26 Å². The zero-order chi connectivity index (χ0) is 24.3. The van der Waals surface area contributed by atoms with Crippen LogP contribution in [-0.4, -0.2) is 24.5 Å². The largest absolute Gasteiger partial charge is 0.382 e. The fourth-order valence-corrected chi connectivity index (χ4v) is 3.32. The van der Waals surface area contributed by atoms with Crippen molar-refractivity contribution in [2.24, 2.45) is 0 Å². The maximum atomic E-state index is 13.6. The van der Waals surface area contributed by atoms with Crippen LogP contribution in [-0.2, 0) is 6.42 Å². The predicted molar refractivity (Wildman–Crippen MR) is 124 cm³/mol. The van der Waals surface area contributed by atoms with Crippen molar-refractivity contribution in [1.82, 2.24) is 24.5 Å². The molecule has 10 nitrogen and oxygen atoms in total. The van der Waals surface area contributed by atoms with Crippen LogP contribution in [0.4, 0.5) is 22.0 Å². The summed E-state index contributed by atoms with van der Waals surface area (Å²) in [5.74, 6) is 0.0260. The van der Waals surface area contributed by atoms with Crippen LogP contribution < -0.4 is 22.8 Å². The smallest absolute Gasteiger partial charge is 0.267 e. The standard InChI is InChI=1S/C16H13ClFN3O.C5H6N6/c1-3-14-20-12-6-4-5-11(17)15(12)16(22)21(14)13-7-10(18)8-19-9(13)2;6-1-2-3(7)10-5(9)11-4(2)8/h4-8H,3H2,1-2H3;(H6,7,8,9,10,11). The van der Waals surface area contributed by atoms with E-state index in [0.717, 1.165) is 6.20 Å². The van der Waals surface area contributed by atoms with Crippen molar-refractivity contribution in [2.75, 3.05) is 17.2 Å². The molecule has 6 N–H and O–H groups in total. The van der Waals surface area contributed by atoms with E-state index in [2.05, 4.69) is 19.9 Å². The highest BCUT2D eigenvalue weighted by molar-refractivity contribution is 6.35. The zero-order valence-corrected chi connectivity index (χ0v) is 18.4. The molecule has 0 saturated heterocycles. The van der Waals surface area contributed by atoms with Gasteiger partial charge in [0.25, 0.3) is 5.56 Å². The number of nitrogens with zero attached hydrogens (tertiary/aromatic N) is 6. The second kappa shape index (κ2) is 9.46. The van der Waals surface area contributed by atoms with Gasteiger partial charge >= 0.3 is 0 Å². The van der Waals surface area contributed by atoms with Crippen LogP contribution in [0.1, 0.15) is 24.0 Å². The number of hydrogen-bond donors (Lipinski definition) is 3. The summed E-state index contributed by atoms with van der Waals surface area (Å²) in [7, 11) is 0. The third-order valence-electron chi connectivity index (χ3n) is 4.59. The van der Waals surface area contributed by atoms with Gasteiger partial charge in [-0.3, -0.25) is 14.3 Å². The molecule has 12 heteroatoms. The molecule has 0 amide bonds. The summed E-state index contributed by atoms with van der Waals surface area (Å²) >= 11 is 6.15. The Bertz CT molecular complexity index is 1440. The molecule has 33 heavy (non-hydrogen) atoms. The molecule has 3 heterocycles. The third-order valence-corrected chi connectivity index (χ3v) is 4.91. The number of aryl methyl sites for hydroxylation is 2. The molecular formula is C21H19ClFN9O. The zero-order valence-electron chi connectivity index (χ0n) is 17.7. The number of nitriles is 1. The van der Waals surface area contributed by atoms with Gasteiger partial charge in [-0.05, 0) is 19.1 Å². The van der Waals surface area contributed by atoms with Crippen molar-refractivity contribution in [3.8, 4) is 11.8 Å². The van der Waals surface area contributed by atoms with E-state index in [0.29, 0.717) is 39.6 Å². The van der Waals surface area contributed by atoms with Gasteiger partial charge in [-0.15, -0.1) is 0 Å². The summed E-state index contributed by atoms with van der Waals surface area (Å²) in [5.41, 5.74) is 17.0. The first-order chi connectivity index (χ1) is 15.7. The van der Waals surface area contributed by atoms with E-state index in [4.69, 9.17) is 34.1 Å². The van der Waals surface area contributed by atoms with Gasteiger partial charge in [-0.2, -0.15) is 15.2 Å². The van der Waals surface area contributed by atoms with Crippen molar-refractivity contribution in [2.45, 2.75) is 20.3 Å². The predicted octanol–water partition coefficient (Wildman–Crippen LogP) is 2.54. The molecule has 168 valence electrons. The fraction of sp³-hybridized carbons (Fsp3) is 0.143. The Morgan fingerprint density at radius 1 is 1.18 bits per heavy atom. The van der Waals surface area contributed by atoms with Crippen LogP contribution in [0.25, 0.3) is 16.6 Å². The first kappa shape index (κ1) is 23.4. The monoisotopic (exact) mass is 467 g/mol. The molecule has 0 aliphatic heterocycles. The van der Waals surface area contributed by atoms with Gasteiger partial charge in [-0.25, -0.2) is 9.37 Å². The van der Waals surface area contributed by atoms with E-state index >= 15 is 0 Å². The minimum Gasteiger partial charge on any atom is -0.382 e. The van der Waals surface area contributed by atoms with Crippen LogP contribution >= 0.6 is 11.6 Å². The average Bonchev–Trinajstić information content (AvgIpc) is 2.75. The number of rotatable bonds is 2. The highest BCUT2D eigenvalue weighted by Crippen LogP contribution is 2.21. The quantitative estimate of drug-likeness (QED) is 0.399. The number of halogens is 2. The maximum absolute atomic E-state index is 13.6. The van der Waals surface area contributed by atoms with Crippen molar-refractivity contribution in [3.63, 3.8) is 0 Å². The molecule has 0 aliphatic rings. The Hall–Kier alpha value is -4.30. The lowest BCUT2D eigenvalue weighted by Gasteiger charge is -2.14. The first-order valence-electron chi connectivity index (χ1n) is 9.59. The second-order valence-electron chi connectivity index (χ2n) is 6.75. The van der Waals surface area contributed by atoms with Gasteiger partial charge in [0.05, 0.1) is 33.5 Å². The van der Waals surface area contributed by atoms with E-state index in [1.165, 1.54) is 10.6 Å². The molecule has 3 aromatic heterocycles. The van der Waals surface area contributed by atoms with Gasteiger partial charge in [0.1, 0.15) is 34.9 Å². The molecule has 0 atom stereocenters. The minimum atomic E-state index is -0.506. The number of aromatic nitrogens is 5. The Balaban J connectivity index is 0.000000235. The summed E-state index contributed by atoms with van der Waals surface area (Å²) in [6, 6.07) is 8.17. The number of nitrogen functional groups attached to an aromatic ring is 3. The Kier molecular flexibility index (Phi) is 6.69. The third kappa shape index (κ3) is 4.65. The van der Waals surface area contributed by atoms with Crippen LogP contribution in [0.2, 0.25) is 5.02 Å². The Morgan fingerprint density at radius 2 is 1.85 bits per heavy atom. The lowest BCUT2D eigenvalue weighted by Crippen LogP contribution is -2.25. The lowest BCUT2D eigenvalue weighted by atomic mass is 10.2. The molecule has 0 radical (unpaired) electrons. The highest BCUT2D eigenvalue weighted by atomic mass is 35.5. The van der Waals surface area contributed by atoms with E-state index in [1.54, 1.807) is 31.2 Å². The van der Waals surface area contributed by atoms with Gasteiger partial charge in [0.2, 0.25) is 5.95 Å². The van der Waals surface area contributed by atoms with Crippen LogP contribution in [0.15, 0.2) is 35.3 Å². The van der Waals surface area contributed by atoms with Gasteiger partial charge in [0.15, 0.2) is 0 Å². The van der Waals surface area contributed by atoms with E-state index < -0.39 is 5.82 Å². The average molecular weight is 468 g/mol. The molecule has 0 aliphatic carbocycles. The Labute approximate surface area is 192 Å². The molecule has 0 unspecified atom stereocenters.